The number of phenolic OH excluding ortho intramolecular Hbond substituents is 1. The van der Waals surface area contributed by atoms with Crippen LogP contribution in [-0.4, -0.2) is 29.1 Å². The van der Waals surface area contributed by atoms with Gasteiger partial charge in [0.25, 0.3) is 5.91 Å². The van der Waals surface area contributed by atoms with Crippen LogP contribution < -0.4 is 15.0 Å². The molecule has 2 aromatic rings. The van der Waals surface area contributed by atoms with Gasteiger partial charge in [-0.2, -0.15) is 0 Å². The molecule has 1 heterocycles. The fraction of sp³-hybridized carbons (Fsp3) is 0.0588. The summed E-state index contributed by atoms with van der Waals surface area (Å²) in [5.41, 5.74) is -0.220. The highest BCUT2D eigenvalue weighted by Gasteiger charge is 2.35. The molecular weight excluding hydrogens is 378 g/mol. The summed E-state index contributed by atoms with van der Waals surface area (Å²) >= 11 is 5.89. The number of nitro groups is 1. The summed E-state index contributed by atoms with van der Waals surface area (Å²) in [6, 6.07) is 7.87. The molecule has 0 spiro atoms. The highest BCUT2D eigenvalue weighted by atomic mass is 35.5. The lowest BCUT2D eigenvalue weighted by molar-refractivity contribution is -0.386. The second kappa shape index (κ2) is 6.96. The summed E-state index contributed by atoms with van der Waals surface area (Å²) in [7, 11) is 1.24. The molecule has 1 aliphatic heterocycles. The maximum Gasteiger partial charge on any atom is 0.333 e. The average Bonchev–Trinajstić information content (AvgIpc) is 2.89. The molecule has 0 aliphatic carbocycles. The van der Waals surface area contributed by atoms with Gasteiger partial charge in [0.15, 0.2) is 5.75 Å². The second-order valence-corrected chi connectivity index (χ2v) is 5.89. The maximum absolute atomic E-state index is 12.6. The Hall–Kier alpha value is -3.59. The smallest absolute Gasteiger partial charge is 0.333 e. The number of rotatable bonds is 4. The molecule has 1 fully saturated rings. The maximum atomic E-state index is 12.6. The number of urea groups is 1. The van der Waals surface area contributed by atoms with Crippen LogP contribution >= 0.6 is 11.6 Å². The first kappa shape index (κ1) is 18.2. The molecule has 0 saturated carbocycles. The van der Waals surface area contributed by atoms with Crippen LogP contribution in [0.15, 0.2) is 42.1 Å². The van der Waals surface area contributed by atoms with Gasteiger partial charge in [0.1, 0.15) is 5.70 Å². The lowest BCUT2D eigenvalue weighted by Gasteiger charge is -2.11. The van der Waals surface area contributed by atoms with Gasteiger partial charge in [-0.05, 0) is 35.9 Å². The Morgan fingerprint density at radius 1 is 1.30 bits per heavy atom. The first-order valence-electron chi connectivity index (χ1n) is 7.50. The van der Waals surface area contributed by atoms with Crippen molar-refractivity contribution in [3.8, 4) is 11.5 Å². The van der Waals surface area contributed by atoms with Crippen molar-refractivity contribution in [2.75, 3.05) is 12.0 Å². The standard InChI is InChI=1S/C17H12ClN3O6/c1-27-14-7-9(6-13(15(14)22)21(25)26)5-12-16(23)20(17(24)19-12)11-4-2-3-10(18)8-11/h2-8,22H,1H3,(H,19,24). The summed E-state index contributed by atoms with van der Waals surface area (Å²) < 4.78 is 4.91. The molecule has 3 amide bonds. The van der Waals surface area contributed by atoms with Crippen LogP contribution in [0.25, 0.3) is 6.08 Å². The number of anilines is 1. The van der Waals surface area contributed by atoms with Crippen LogP contribution in [0.5, 0.6) is 11.5 Å². The summed E-state index contributed by atoms with van der Waals surface area (Å²) in [6.45, 7) is 0. The first-order valence-corrected chi connectivity index (χ1v) is 7.87. The Labute approximate surface area is 157 Å². The number of carbonyl (C=O) groups excluding carboxylic acids is 2. The van der Waals surface area contributed by atoms with Crippen molar-refractivity contribution < 1.29 is 24.4 Å². The van der Waals surface area contributed by atoms with Gasteiger partial charge >= 0.3 is 11.7 Å². The Morgan fingerprint density at radius 3 is 2.67 bits per heavy atom. The Balaban J connectivity index is 2.01. The molecular formula is C17H12ClN3O6. The number of phenols is 1. The lowest BCUT2D eigenvalue weighted by atomic mass is 10.1. The monoisotopic (exact) mass is 389 g/mol. The minimum Gasteiger partial charge on any atom is -0.500 e. The van der Waals surface area contributed by atoms with Crippen molar-refractivity contribution in [3.63, 3.8) is 0 Å². The highest BCUT2D eigenvalue weighted by Crippen LogP contribution is 2.37. The van der Waals surface area contributed by atoms with Crippen LogP contribution in [0.3, 0.4) is 0 Å². The Kier molecular flexibility index (Phi) is 4.70. The van der Waals surface area contributed by atoms with E-state index in [2.05, 4.69) is 5.32 Å². The number of methoxy groups -OCH3 is 1. The molecule has 10 heteroatoms. The SMILES string of the molecule is COc1cc(C=C2NC(=O)N(c3cccc(Cl)c3)C2=O)cc([N+](=O)[O-])c1O. The molecule has 1 saturated heterocycles. The molecule has 2 N–H and O–H groups in total. The van der Waals surface area contributed by atoms with E-state index in [1.807, 2.05) is 0 Å². The summed E-state index contributed by atoms with van der Waals surface area (Å²) in [5.74, 6) is -1.43. The topological polar surface area (TPSA) is 122 Å². The summed E-state index contributed by atoms with van der Waals surface area (Å²) in [5, 5.41) is 23.6. The number of ether oxygens (including phenoxy) is 1. The van der Waals surface area contributed by atoms with E-state index < -0.39 is 28.3 Å². The molecule has 138 valence electrons. The molecule has 3 rings (SSSR count). The number of aromatic hydroxyl groups is 1. The zero-order valence-electron chi connectivity index (χ0n) is 13.8. The van der Waals surface area contributed by atoms with E-state index in [0.29, 0.717) is 5.02 Å². The number of nitrogens with one attached hydrogen (secondary N) is 1. The second-order valence-electron chi connectivity index (χ2n) is 5.46. The number of hydrogen-bond acceptors (Lipinski definition) is 6. The molecule has 0 radical (unpaired) electrons. The quantitative estimate of drug-likeness (QED) is 0.358. The van der Waals surface area contributed by atoms with Crippen molar-refractivity contribution in [1.82, 2.24) is 5.32 Å². The van der Waals surface area contributed by atoms with Gasteiger partial charge in [-0.15, -0.1) is 0 Å². The van der Waals surface area contributed by atoms with Crippen molar-refractivity contribution in [1.29, 1.82) is 0 Å². The van der Waals surface area contributed by atoms with Gasteiger partial charge in [-0.3, -0.25) is 14.9 Å². The number of benzene rings is 2. The minimum absolute atomic E-state index is 0.0954. The number of nitrogens with zero attached hydrogens (tertiary/aromatic N) is 2. The minimum atomic E-state index is -0.785. The molecule has 0 atom stereocenters. The Bertz CT molecular complexity index is 1000. The molecule has 0 aromatic heterocycles. The molecule has 0 bridgehead atoms. The van der Waals surface area contributed by atoms with Crippen molar-refractivity contribution in [2.24, 2.45) is 0 Å². The zero-order valence-corrected chi connectivity index (χ0v) is 14.6. The van der Waals surface area contributed by atoms with Crippen LogP contribution in [0.4, 0.5) is 16.2 Å². The van der Waals surface area contributed by atoms with Gasteiger partial charge in [-0.1, -0.05) is 17.7 Å². The average molecular weight is 390 g/mol. The van der Waals surface area contributed by atoms with Crippen LogP contribution in [-0.2, 0) is 4.79 Å². The van der Waals surface area contributed by atoms with E-state index in [-0.39, 0.29) is 22.7 Å². The number of amides is 3. The molecule has 0 unspecified atom stereocenters. The van der Waals surface area contributed by atoms with Crippen molar-refractivity contribution in [2.45, 2.75) is 0 Å². The number of carbonyl (C=O) groups is 2. The van der Waals surface area contributed by atoms with E-state index in [4.69, 9.17) is 16.3 Å². The largest absolute Gasteiger partial charge is 0.500 e. The van der Waals surface area contributed by atoms with Gasteiger partial charge in [0.05, 0.1) is 17.7 Å². The third-order valence-corrected chi connectivity index (χ3v) is 3.98. The molecule has 2 aromatic carbocycles. The lowest BCUT2D eigenvalue weighted by Crippen LogP contribution is -2.30. The number of hydrogen-bond donors (Lipinski definition) is 2. The predicted molar refractivity (Wildman–Crippen MR) is 96.8 cm³/mol. The molecule has 1 aliphatic rings. The van der Waals surface area contributed by atoms with E-state index >= 15 is 0 Å². The fourth-order valence-electron chi connectivity index (χ4n) is 2.54. The molecule has 27 heavy (non-hydrogen) atoms. The summed E-state index contributed by atoms with van der Waals surface area (Å²) in [6.07, 6.45) is 1.25. The van der Waals surface area contributed by atoms with E-state index in [0.717, 1.165) is 11.0 Å². The number of nitro benzene ring substituents is 1. The third kappa shape index (κ3) is 3.40. The fourth-order valence-corrected chi connectivity index (χ4v) is 2.73. The van der Waals surface area contributed by atoms with Crippen LogP contribution in [0.2, 0.25) is 5.02 Å². The zero-order chi connectivity index (χ0) is 19.7. The van der Waals surface area contributed by atoms with Gasteiger partial charge < -0.3 is 15.2 Å². The van der Waals surface area contributed by atoms with Gasteiger partial charge in [-0.25, -0.2) is 9.69 Å². The number of halogens is 1. The van der Waals surface area contributed by atoms with E-state index in [1.54, 1.807) is 18.2 Å². The molecule has 9 nitrogen and oxygen atoms in total. The summed E-state index contributed by atoms with van der Waals surface area (Å²) in [4.78, 5) is 36.0. The van der Waals surface area contributed by atoms with Crippen LogP contribution in [0.1, 0.15) is 5.56 Å². The third-order valence-electron chi connectivity index (χ3n) is 3.75. The van der Waals surface area contributed by atoms with Crippen molar-refractivity contribution in [3.05, 3.63) is 62.8 Å². The normalized spacial score (nSPS) is 15.2. The predicted octanol–water partition coefficient (Wildman–Crippen LogP) is 3.06. The van der Waals surface area contributed by atoms with E-state index in [9.17, 15) is 24.8 Å². The van der Waals surface area contributed by atoms with Crippen molar-refractivity contribution >= 4 is 41.0 Å². The first-order chi connectivity index (χ1) is 12.8. The number of imide groups is 1. The van der Waals surface area contributed by atoms with E-state index in [1.165, 1.54) is 25.3 Å². The Morgan fingerprint density at radius 2 is 2.04 bits per heavy atom. The highest BCUT2D eigenvalue weighted by molar-refractivity contribution is 6.32. The van der Waals surface area contributed by atoms with Crippen LogP contribution in [0, 0.1) is 10.1 Å². The van der Waals surface area contributed by atoms with Gasteiger partial charge in [0.2, 0.25) is 5.75 Å². The van der Waals surface area contributed by atoms with Gasteiger partial charge in [0, 0.05) is 11.1 Å².